The van der Waals surface area contributed by atoms with E-state index in [1.807, 2.05) is 17.9 Å². The van der Waals surface area contributed by atoms with Crippen LogP contribution >= 0.6 is 0 Å². The molecule has 2 rings (SSSR count). The van der Waals surface area contributed by atoms with E-state index in [1.54, 1.807) is 6.26 Å². The summed E-state index contributed by atoms with van der Waals surface area (Å²) in [6.07, 6.45) is 4.92. The highest BCUT2D eigenvalue weighted by Crippen LogP contribution is 2.15. The Morgan fingerprint density at radius 1 is 1.61 bits per heavy atom. The first-order valence-corrected chi connectivity index (χ1v) is 6.78. The third-order valence-electron chi connectivity index (χ3n) is 3.37. The molecule has 0 saturated carbocycles. The average molecular weight is 250 g/mol. The molecule has 1 N–H and O–H groups in total. The van der Waals surface area contributed by atoms with Crippen molar-refractivity contribution in [2.24, 2.45) is 0 Å². The molecule has 0 radical (unpaired) electrons. The lowest BCUT2D eigenvalue weighted by Gasteiger charge is -2.33. The van der Waals surface area contributed by atoms with Gasteiger partial charge in [-0.15, -0.1) is 0 Å². The smallest absolute Gasteiger partial charge is 0.257 e. The van der Waals surface area contributed by atoms with Crippen molar-refractivity contribution in [3.05, 3.63) is 23.7 Å². The van der Waals surface area contributed by atoms with Crippen LogP contribution in [0.3, 0.4) is 0 Å². The summed E-state index contributed by atoms with van der Waals surface area (Å²) in [5.41, 5.74) is 0.670. The van der Waals surface area contributed by atoms with Crippen LogP contribution in [0, 0.1) is 6.92 Å². The van der Waals surface area contributed by atoms with Crippen LogP contribution in [0.15, 0.2) is 16.7 Å². The Morgan fingerprint density at radius 3 is 3.11 bits per heavy atom. The van der Waals surface area contributed by atoms with Crippen LogP contribution in [-0.2, 0) is 0 Å². The van der Waals surface area contributed by atoms with Gasteiger partial charge in [0.1, 0.15) is 12.0 Å². The van der Waals surface area contributed by atoms with E-state index in [1.165, 1.54) is 0 Å². The first-order chi connectivity index (χ1) is 8.70. The SMILES string of the molecule is CCCNC1CCCN(C(=O)c2coc(C)c2)C1. The number of hydrogen-bond acceptors (Lipinski definition) is 3. The fourth-order valence-corrected chi connectivity index (χ4v) is 2.41. The summed E-state index contributed by atoms with van der Waals surface area (Å²) in [5, 5.41) is 3.50. The van der Waals surface area contributed by atoms with E-state index in [9.17, 15) is 4.79 Å². The second-order valence-electron chi connectivity index (χ2n) is 4.99. The van der Waals surface area contributed by atoms with Gasteiger partial charge in [-0.2, -0.15) is 0 Å². The molecule has 0 aliphatic carbocycles. The van der Waals surface area contributed by atoms with Crippen LogP contribution in [-0.4, -0.2) is 36.5 Å². The first kappa shape index (κ1) is 13.1. The monoisotopic (exact) mass is 250 g/mol. The molecule has 0 bridgehead atoms. The Bertz CT molecular complexity index is 400. The molecule has 1 atom stereocenters. The van der Waals surface area contributed by atoms with Gasteiger partial charge in [-0.05, 0) is 38.8 Å². The van der Waals surface area contributed by atoms with Gasteiger partial charge in [0.2, 0.25) is 0 Å². The third-order valence-corrected chi connectivity index (χ3v) is 3.37. The Labute approximate surface area is 108 Å². The van der Waals surface area contributed by atoms with E-state index in [-0.39, 0.29) is 5.91 Å². The third kappa shape index (κ3) is 3.13. The van der Waals surface area contributed by atoms with Crippen molar-refractivity contribution in [2.45, 2.75) is 39.2 Å². The standard InChI is InChI=1S/C14H22N2O2/c1-3-6-15-13-5-4-7-16(9-13)14(17)12-8-11(2)18-10-12/h8,10,13,15H,3-7,9H2,1-2H3. The van der Waals surface area contributed by atoms with Crippen LogP contribution in [0.1, 0.15) is 42.3 Å². The van der Waals surface area contributed by atoms with Crippen molar-refractivity contribution in [3.63, 3.8) is 0 Å². The molecule has 1 aliphatic rings. The number of aryl methyl sites for hydroxylation is 1. The fraction of sp³-hybridized carbons (Fsp3) is 0.643. The minimum absolute atomic E-state index is 0.0925. The maximum absolute atomic E-state index is 12.3. The molecule has 1 saturated heterocycles. The number of nitrogens with one attached hydrogen (secondary N) is 1. The topological polar surface area (TPSA) is 45.5 Å². The quantitative estimate of drug-likeness (QED) is 0.891. The van der Waals surface area contributed by atoms with E-state index >= 15 is 0 Å². The Hall–Kier alpha value is -1.29. The van der Waals surface area contributed by atoms with Gasteiger partial charge in [-0.1, -0.05) is 6.92 Å². The van der Waals surface area contributed by atoms with Gasteiger partial charge in [-0.3, -0.25) is 4.79 Å². The summed E-state index contributed by atoms with van der Waals surface area (Å²) in [6.45, 7) is 6.71. The van der Waals surface area contributed by atoms with Crippen LogP contribution in [0.5, 0.6) is 0 Å². The zero-order valence-electron chi connectivity index (χ0n) is 11.2. The van der Waals surface area contributed by atoms with Crippen molar-refractivity contribution in [1.29, 1.82) is 0 Å². The van der Waals surface area contributed by atoms with E-state index in [2.05, 4.69) is 12.2 Å². The summed E-state index contributed by atoms with van der Waals surface area (Å²) in [5.74, 6) is 0.880. The molecule has 100 valence electrons. The zero-order chi connectivity index (χ0) is 13.0. The highest BCUT2D eigenvalue weighted by atomic mass is 16.3. The molecule has 4 nitrogen and oxygen atoms in total. The molecule has 1 aromatic heterocycles. The lowest BCUT2D eigenvalue weighted by molar-refractivity contribution is 0.0694. The van der Waals surface area contributed by atoms with Crippen LogP contribution in [0.4, 0.5) is 0 Å². The first-order valence-electron chi connectivity index (χ1n) is 6.78. The number of furan rings is 1. The molecule has 4 heteroatoms. The second-order valence-corrected chi connectivity index (χ2v) is 4.99. The Balaban J connectivity index is 1.94. The molecule has 1 fully saturated rings. The maximum atomic E-state index is 12.3. The molecular weight excluding hydrogens is 228 g/mol. The lowest BCUT2D eigenvalue weighted by Crippen LogP contribution is -2.48. The predicted molar refractivity (Wildman–Crippen MR) is 70.7 cm³/mol. The molecule has 0 aromatic carbocycles. The molecule has 1 amide bonds. The lowest BCUT2D eigenvalue weighted by atomic mass is 10.0. The van der Waals surface area contributed by atoms with Gasteiger partial charge in [0, 0.05) is 19.1 Å². The van der Waals surface area contributed by atoms with Gasteiger partial charge in [0.25, 0.3) is 5.91 Å². The van der Waals surface area contributed by atoms with E-state index in [0.29, 0.717) is 11.6 Å². The van der Waals surface area contributed by atoms with Crippen LogP contribution in [0.25, 0.3) is 0 Å². The fourth-order valence-electron chi connectivity index (χ4n) is 2.41. The molecule has 1 aliphatic heterocycles. The number of piperidine rings is 1. The summed E-state index contributed by atoms with van der Waals surface area (Å²) >= 11 is 0. The molecule has 1 unspecified atom stereocenters. The van der Waals surface area contributed by atoms with Crippen molar-refractivity contribution in [1.82, 2.24) is 10.2 Å². The number of carbonyl (C=O) groups is 1. The highest BCUT2D eigenvalue weighted by Gasteiger charge is 2.24. The largest absolute Gasteiger partial charge is 0.469 e. The summed E-state index contributed by atoms with van der Waals surface area (Å²) < 4.78 is 5.21. The van der Waals surface area contributed by atoms with Gasteiger partial charge in [0.05, 0.1) is 5.56 Å². The number of likely N-dealkylation sites (tertiary alicyclic amines) is 1. The zero-order valence-corrected chi connectivity index (χ0v) is 11.2. The minimum Gasteiger partial charge on any atom is -0.469 e. The van der Waals surface area contributed by atoms with Crippen molar-refractivity contribution >= 4 is 5.91 Å². The van der Waals surface area contributed by atoms with Gasteiger partial charge in [-0.25, -0.2) is 0 Å². The Kier molecular flexibility index (Phi) is 4.42. The normalized spacial score (nSPS) is 20.1. The van der Waals surface area contributed by atoms with E-state index in [0.717, 1.165) is 44.7 Å². The average Bonchev–Trinajstić information content (AvgIpc) is 2.82. The molecule has 1 aromatic rings. The van der Waals surface area contributed by atoms with Crippen molar-refractivity contribution in [3.8, 4) is 0 Å². The summed E-state index contributed by atoms with van der Waals surface area (Å²) in [6, 6.07) is 2.25. The van der Waals surface area contributed by atoms with Crippen LogP contribution < -0.4 is 5.32 Å². The van der Waals surface area contributed by atoms with Gasteiger partial charge in [0.15, 0.2) is 0 Å². The minimum atomic E-state index is 0.0925. The molecule has 2 heterocycles. The van der Waals surface area contributed by atoms with Crippen molar-refractivity contribution < 1.29 is 9.21 Å². The van der Waals surface area contributed by atoms with Gasteiger partial charge < -0.3 is 14.6 Å². The van der Waals surface area contributed by atoms with Crippen molar-refractivity contribution in [2.75, 3.05) is 19.6 Å². The van der Waals surface area contributed by atoms with E-state index in [4.69, 9.17) is 4.42 Å². The second kappa shape index (κ2) is 6.05. The van der Waals surface area contributed by atoms with Crippen LogP contribution in [0.2, 0.25) is 0 Å². The molecule has 0 spiro atoms. The van der Waals surface area contributed by atoms with Gasteiger partial charge >= 0.3 is 0 Å². The predicted octanol–water partition coefficient (Wildman–Crippen LogP) is 2.19. The summed E-state index contributed by atoms with van der Waals surface area (Å²) in [4.78, 5) is 14.2. The maximum Gasteiger partial charge on any atom is 0.257 e. The number of nitrogens with zero attached hydrogens (tertiary/aromatic N) is 1. The molecular formula is C14H22N2O2. The highest BCUT2D eigenvalue weighted by molar-refractivity contribution is 5.94. The Morgan fingerprint density at radius 2 is 2.44 bits per heavy atom. The summed E-state index contributed by atoms with van der Waals surface area (Å²) in [7, 11) is 0. The number of hydrogen-bond donors (Lipinski definition) is 1. The number of carbonyl (C=O) groups excluding carboxylic acids is 1. The van der Waals surface area contributed by atoms with E-state index < -0.39 is 0 Å². The number of amides is 1. The molecule has 18 heavy (non-hydrogen) atoms. The number of rotatable bonds is 4.